The lowest BCUT2D eigenvalue weighted by molar-refractivity contribution is -0.119. The summed E-state index contributed by atoms with van der Waals surface area (Å²) < 4.78 is 19.7. The highest BCUT2D eigenvalue weighted by Gasteiger charge is 2.34. The van der Waals surface area contributed by atoms with Gasteiger partial charge in [0.2, 0.25) is 5.91 Å². The monoisotopic (exact) mass is 351 g/mol. The molecule has 0 spiro atoms. The predicted octanol–water partition coefficient (Wildman–Crippen LogP) is 1.10. The van der Waals surface area contributed by atoms with E-state index in [1.807, 2.05) is 6.92 Å². The largest absolute Gasteiger partial charge is 0.442 e. The number of carbonyl (C=O) groups excluding carboxylic acids is 2. The minimum absolute atomic E-state index is 0.0853. The first-order chi connectivity index (χ1) is 11.8. The minimum atomic E-state index is -0.562. The van der Waals surface area contributed by atoms with Crippen molar-refractivity contribution in [3.05, 3.63) is 24.0 Å². The Morgan fingerprint density at radius 2 is 2.16 bits per heavy atom. The van der Waals surface area contributed by atoms with Crippen molar-refractivity contribution in [3.63, 3.8) is 0 Å². The molecule has 2 aliphatic rings. The molecule has 2 amide bonds. The lowest BCUT2D eigenvalue weighted by Crippen LogP contribution is -2.33. The molecule has 2 N–H and O–H groups in total. The van der Waals surface area contributed by atoms with Crippen LogP contribution in [0, 0.1) is 11.7 Å². The molecule has 8 heteroatoms. The van der Waals surface area contributed by atoms with Crippen molar-refractivity contribution >= 4 is 23.4 Å². The number of hydrogen-bond acceptors (Lipinski definition) is 5. The number of benzene rings is 1. The number of aliphatic hydroxyl groups is 1. The van der Waals surface area contributed by atoms with E-state index in [1.54, 1.807) is 17.0 Å². The van der Waals surface area contributed by atoms with Crippen molar-refractivity contribution in [1.82, 2.24) is 5.32 Å². The summed E-state index contributed by atoms with van der Waals surface area (Å²) in [5, 5.41) is 12.4. The van der Waals surface area contributed by atoms with Gasteiger partial charge < -0.3 is 20.1 Å². The standard InChI is InChI=1S/C17H22FN3O4/c1-10-7-20(9-16(10)23)15-4-3-12(5-14(15)18)21-8-13(25-17(21)24)6-19-11(2)22/h3-5,10,13,16,23H,6-9H2,1-2H3,(H,19,22)/t10-,13+,16-/m1/s1. The van der Waals surface area contributed by atoms with E-state index in [0.29, 0.717) is 24.5 Å². The number of anilines is 2. The van der Waals surface area contributed by atoms with Crippen LogP contribution in [0.15, 0.2) is 18.2 Å². The van der Waals surface area contributed by atoms with Crippen LogP contribution in [0.5, 0.6) is 0 Å². The van der Waals surface area contributed by atoms with E-state index in [-0.39, 0.29) is 24.9 Å². The van der Waals surface area contributed by atoms with Gasteiger partial charge in [-0.25, -0.2) is 9.18 Å². The highest BCUT2D eigenvalue weighted by molar-refractivity contribution is 5.90. The SMILES string of the molecule is CC(=O)NC[C@H]1CN(c2ccc(N3C[C@@H](C)[C@H](O)C3)c(F)c2)C(=O)O1. The summed E-state index contributed by atoms with van der Waals surface area (Å²) in [6.45, 7) is 4.76. The van der Waals surface area contributed by atoms with Crippen LogP contribution in [0.4, 0.5) is 20.6 Å². The molecule has 136 valence electrons. The molecule has 3 atom stereocenters. The summed E-state index contributed by atoms with van der Waals surface area (Å²) in [5.41, 5.74) is 0.818. The molecule has 0 saturated carbocycles. The number of rotatable bonds is 4. The van der Waals surface area contributed by atoms with Gasteiger partial charge in [0.15, 0.2) is 0 Å². The third-order valence-corrected chi connectivity index (χ3v) is 4.61. The number of hydrogen-bond donors (Lipinski definition) is 2. The Balaban J connectivity index is 1.70. The van der Waals surface area contributed by atoms with Crippen LogP contribution in [0.2, 0.25) is 0 Å². The van der Waals surface area contributed by atoms with Crippen molar-refractivity contribution < 1.29 is 23.8 Å². The Morgan fingerprint density at radius 3 is 2.76 bits per heavy atom. The Kier molecular flexibility index (Phi) is 4.80. The number of nitrogens with zero attached hydrogens (tertiary/aromatic N) is 2. The molecule has 0 unspecified atom stereocenters. The number of nitrogens with one attached hydrogen (secondary N) is 1. The van der Waals surface area contributed by atoms with Crippen LogP contribution in [-0.4, -0.2) is 55.5 Å². The quantitative estimate of drug-likeness (QED) is 0.849. The van der Waals surface area contributed by atoms with E-state index in [1.165, 1.54) is 17.9 Å². The highest BCUT2D eigenvalue weighted by atomic mass is 19.1. The first kappa shape index (κ1) is 17.5. The molecule has 1 aromatic rings. The number of halogens is 1. The van der Waals surface area contributed by atoms with Crippen LogP contribution in [0.1, 0.15) is 13.8 Å². The number of amides is 2. The van der Waals surface area contributed by atoms with E-state index in [0.717, 1.165) is 0 Å². The van der Waals surface area contributed by atoms with Gasteiger partial charge >= 0.3 is 6.09 Å². The summed E-state index contributed by atoms with van der Waals surface area (Å²) in [5.74, 6) is -0.564. The molecule has 25 heavy (non-hydrogen) atoms. The smallest absolute Gasteiger partial charge is 0.414 e. The molecule has 3 rings (SSSR count). The Morgan fingerprint density at radius 1 is 1.40 bits per heavy atom. The molecule has 2 saturated heterocycles. The maximum atomic E-state index is 14.5. The lowest BCUT2D eigenvalue weighted by atomic mass is 10.1. The summed E-state index contributed by atoms with van der Waals surface area (Å²) >= 11 is 0. The van der Waals surface area contributed by atoms with Crippen LogP contribution in [-0.2, 0) is 9.53 Å². The van der Waals surface area contributed by atoms with Crippen LogP contribution < -0.4 is 15.1 Å². The van der Waals surface area contributed by atoms with Gasteiger partial charge in [0.1, 0.15) is 11.9 Å². The van der Waals surface area contributed by atoms with Crippen LogP contribution in [0.25, 0.3) is 0 Å². The number of β-amino-alcohol motifs (C(OH)–C–C–N with tert-alkyl or cyclic N) is 1. The number of carbonyl (C=O) groups is 2. The van der Waals surface area contributed by atoms with E-state index in [2.05, 4.69) is 5.32 Å². The first-order valence-electron chi connectivity index (χ1n) is 8.30. The molecule has 2 aliphatic heterocycles. The zero-order valence-electron chi connectivity index (χ0n) is 14.2. The predicted molar refractivity (Wildman–Crippen MR) is 90.1 cm³/mol. The van der Waals surface area contributed by atoms with Crippen LogP contribution in [0.3, 0.4) is 0 Å². The third kappa shape index (κ3) is 3.68. The number of aliphatic hydroxyl groups excluding tert-OH is 1. The van der Waals surface area contributed by atoms with Crippen molar-refractivity contribution in [3.8, 4) is 0 Å². The van der Waals surface area contributed by atoms with Gasteiger partial charge in [-0.1, -0.05) is 6.92 Å². The van der Waals surface area contributed by atoms with Gasteiger partial charge in [0, 0.05) is 25.9 Å². The van der Waals surface area contributed by atoms with Gasteiger partial charge in [-0.15, -0.1) is 0 Å². The van der Waals surface area contributed by atoms with Gasteiger partial charge in [-0.05, 0) is 18.2 Å². The van der Waals surface area contributed by atoms with E-state index < -0.39 is 24.1 Å². The Labute approximate surface area is 145 Å². The van der Waals surface area contributed by atoms with E-state index in [9.17, 15) is 19.1 Å². The van der Waals surface area contributed by atoms with E-state index in [4.69, 9.17) is 4.74 Å². The Bertz CT molecular complexity index is 674. The van der Waals surface area contributed by atoms with Gasteiger partial charge in [-0.3, -0.25) is 9.69 Å². The van der Waals surface area contributed by atoms with Gasteiger partial charge in [0.25, 0.3) is 0 Å². The second kappa shape index (κ2) is 6.87. The van der Waals surface area contributed by atoms with Crippen molar-refractivity contribution in [2.24, 2.45) is 5.92 Å². The maximum Gasteiger partial charge on any atom is 0.414 e. The second-order valence-corrected chi connectivity index (χ2v) is 6.64. The molecular weight excluding hydrogens is 329 g/mol. The summed E-state index contributed by atoms with van der Waals surface area (Å²) in [6, 6.07) is 4.58. The fourth-order valence-corrected chi connectivity index (χ4v) is 3.16. The molecule has 1 aromatic carbocycles. The molecule has 2 fully saturated rings. The highest BCUT2D eigenvalue weighted by Crippen LogP contribution is 2.30. The number of ether oxygens (including phenoxy) is 1. The van der Waals surface area contributed by atoms with Crippen LogP contribution >= 0.6 is 0 Å². The number of cyclic esters (lactones) is 1. The molecule has 0 bridgehead atoms. The van der Waals surface area contributed by atoms with Gasteiger partial charge in [-0.2, -0.15) is 0 Å². The average Bonchev–Trinajstić information content (AvgIpc) is 3.08. The third-order valence-electron chi connectivity index (χ3n) is 4.61. The summed E-state index contributed by atoms with van der Waals surface area (Å²) in [7, 11) is 0. The average molecular weight is 351 g/mol. The van der Waals surface area contributed by atoms with Crippen molar-refractivity contribution in [2.45, 2.75) is 26.1 Å². The topological polar surface area (TPSA) is 82.1 Å². The van der Waals surface area contributed by atoms with E-state index >= 15 is 0 Å². The van der Waals surface area contributed by atoms with Gasteiger partial charge in [0.05, 0.1) is 30.6 Å². The zero-order valence-corrected chi connectivity index (χ0v) is 14.2. The summed E-state index contributed by atoms with van der Waals surface area (Å²) in [6.07, 6.45) is -1.50. The van der Waals surface area contributed by atoms with Crippen molar-refractivity contribution in [1.29, 1.82) is 0 Å². The second-order valence-electron chi connectivity index (χ2n) is 6.64. The zero-order chi connectivity index (χ0) is 18.1. The van der Waals surface area contributed by atoms with Crippen molar-refractivity contribution in [2.75, 3.05) is 36.0 Å². The maximum absolute atomic E-state index is 14.5. The summed E-state index contributed by atoms with van der Waals surface area (Å²) in [4.78, 5) is 26.1. The fourth-order valence-electron chi connectivity index (χ4n) is 3.16. The normalized spacial score (nSPS) is 26.1. The molecule has 0 aliphatic carbocycles. The first-order valence-corrected chi connectivity index (χ1v) is 8.30. The Hall–Kier alpha value is -2.35. The molecular formula is C17H22FN3O4. The molecule has 2 heterocycles. The fraction of sp³-hybridized carbons (Fsp3) is 0.529. The lowest BCUT2D eigenvalue weighted by Gasteiger charge is -2.20. The molecule has 0 aromatic heterocycles. The minimum Gasteiger partial charge on any atom is -0.442 e. The molecule has 0 radical (unpaired) electrons. The molecule has 7 nitrogen and oxygen atoms in total.